The van der Waals surface area contributed by atoms with E-state index in [4.69, 9.17) is 0 Å². The summed E-state index contributed by atoms with van der Waals surface area (Å²) in [5, 5.41) is 0. The van der Waals surface area contributed by atoms with Crippen LogP contribution < -0.4 is 5.56 Å². The fourth-order valence-electron chi connectivity index (χ4n) is 2.26. The quantitative estimate of drug-likeness (QED) is 0.880. The van der Waals surface area contributed by atoms with Crippen molar-refractivity contribution in [2.45, 2.75) is 32.6 Å². The van der Waals surface area contributed by atoms with Crippen LogP contribution in [-0.4, -0.2) is 16.6 Å². The number of amides is 1. The monoisotopic (exact) mass is 300 g/mol. The summed E-state index contributed by atoms with van der Waals surface area (Å²) in [5.41, 5.74) is 1.78. The number of carbonyl (C=O) groups excluding carboxylic acids is 1. The van der Waals surface area contributed by atoms with Gasteiger partial charge in [0.05, 0.1) is 17.0 Å². The number of hydrogen-bond donors (Lipinski definition) is 1. The Morgan fingerprint density at radius 3 is 2.67 bits per heavy atom. The highest BCUT2D eigenvalue weighted by atomic mass is 32.1. The summed E-state index contributed by atoms with van der Waals surface area (Å²) in [6, 6.07) is 6.85. The lowest BCUT2D eigenvalue weighted by Gasteiger charge is -2.15. The second kappa shape index (κ2) is 4.77. The zero-order chi connectivity index (χ0) is 15.2. The zero-order valence-electron chi connectivity index (χ0n) is 12.2. The fourth-order valence-corrected chi connectivity index (χ4v) is 3.47. The Morgan fingerprint density at radius 2 is 2.00 bits per heavy atom. The van der Waals surface area contributed by atoms with E-state index in [9.17, 15) is 9.59 Å². The number of aromatic amines is 1. The van der Waals surface area contributed by atoms with Crippen LogP contribution in [0.4, 0.5) is 0 Å². The SMILES string of the molecule is CC(C)(C)c1cc2c(s1)CC(c1cccc(=O)[nH]1)=NC2=O. The van der Waals surface area contributed by atoms with Crippen LogP contribution >= 0.6 is 11.3 Å². The highest BCUT2D eigenvalue weighted by Crippen LogP contribution is 2.35. The zero-order valence-corrected chi connectivity index (χ0v) is 13.0. The molecule has 0 radical (unpaired) electrons. The van der Waals surface area contributed by atoms with E-state index >= 15 is 0 Å². The van der Waals surface area contributed by atoms with Crippen molar-refractivity contribution in [2.75, 3.05) is 0 Å². The van der Waals surface area contributed by atoms with Gasteiger partial charge in [-0.3, -0.25) is 9.59 Å². The van der Waals surface area contributed by atoms with Gasteiger partial charge in [-0.2, -0.15) is 0 Å². The second-order valence-corrected chi connectivity index (χ2v) is 7.30. The smallest absolute Gasteiger partial charge is 0.278 e. The molecule has 0 fully saturated rings. The minimum atomic E-state index is -0.220. The molecule has 2 aromatic heterocycles. The number of nitrogens with zero attached hydrogens (tertiary/aromatic N) is 1. The molecule has 3 heterocycles. The number of rotatable bonds is 1. The van der Waals surface area contributed by atoms with Crippen LogP contribution in [0.1, 0.15) is 46.6 Å². The van der Waals surface area contributed by atoms with E-state index in [0.29, 0.717) is 23.4 Å². The Kier molecular flexibility index (Phi) is 3.17. The molecular formula is C16H16N2O2S. The van der Waals surface area contributed by atoms with Gasteiger partial charge < -0.3 is 4.98 Å². The lowest BCUT2D eigenvalue weighted by molar-refractivity contribution is 0.100. The van der Waals surface area contributed by atoms with Crippen LogP contribution in [-0.2, 0) is 11.8 Å². The number of pyridine rings is 1. The van der Waals surface area contributed by atoms with E-state index in [2.05, 4.69) is 30.7 Å². The van der Waals surface area contributed by atoms with Crippen LogP contribution in [0.2, 0.25) is 0 Å². The summed E-state index contributed by atoms with van der Waals surface area (Å²) >= 11 is 1.65. The van der Waals surface area contributed by atoms with Gasteiger partial charge in [0.25, 0.3) is 5.91 Å². The molecule has 1 aliphatic rings. The summed E-state index contributed by atoms with van der Waals surface area (Å²) in [4.78, 5) is 32.7. The average molecular weight is 300 g/mol. The third-order valence-corrected chi connectivity index (χ3v) is 4.98. The average Bonchev–Trinajstić information content (AvgIpc) is 2.83. The minimum Gasteiger partial charge on any atom is -0.321 e. The summed E-state index contributed by atoms with van der Waals surface area (Å²) < 4.78 is 0. The molecule has 0 spiro atoms. The number of hydrogen-bond acceptors (Lipinski definition) is 3. The molecule has 0 saturated heterocycles. The maximum atomic E-state index is 12.2. The predicted octanol–water partition coefficient (Wildman–Crippen LogP) is 2.92. The molecule has 1 amide bonds. The first-order chi connectivity index (χ1) is 9.84. The molecule has 3 rings (SSSR count). The molecule has 1 aliphatic heterocycles. The third kappa shape index (κ3) is 2.61. The molecule has 21 heavy (non-hydrogen) atoms. The van der Waals surface area contributed by atoms with Crippen molar-refractivity contribution in [3.8, 4) is 0 Å². The topological polar surface area (TPSA) is 62.3 Å². The summed E-state index contributed by atoms with van der Waals surface area (Å²) in [6.45, 7) is 6.39. The van der Waals surface area contributed by atoms with Crippen LogP contribution in [0.3, 0.4) is 0 Å². The lowest BCUT2D eigenvalue weighted by Crippen LogP contribution is -2.19. The molecule has 4 nitrogen and oxygen atoms in total. The van der Waals surface area contributed by atoms with Crippen molar-refractivity contribution in [2.24, 2.45) is 4.99 Å². The predicted molar refractivity (Wildman–Crippen MR) is 84.7 cm³/mol. The molecule has 5 heteroatoms. The molecule has 0 unspecified atom stereocenters. The molecule has 0 aliphatic carbocycles. The van der Waals surface area contributed by atoms with E-state index in [-0.39, 0.29) is 16.9 Å². The molecule has 2 aromatic rings. The summed E-state index contributed by atoms with van der Waals surface area (Å²) in [7, 11) is 0. The number of nitrogens with one attached hydrogen (secondary N) is 1. The fraction of sp³-hybridized carbons (Fsp3) is 0.312. The summed E-state index contributed by atoms with van der Waals surface area (Å²) in [5.74, 6) is -0.220. The van der Waals surface area contributed by atoms with Crippen LogP contribution in [0.25, 0.3) is 0 Å². The first-order valence-electron chi connectivity index (χ1n) is 6.79. The van der Waals surface area contributed by atoms with Crippen LogP contribution in [0, 0.1) is 0 Å². The van der Waals surface area contributed by atoms with Gasteiger partial charge in [-0.1, -0.05) is 26.8 Å². The second-order valence-electron chi connectivity index (χ2n) is 6.17. The third-order valence-electron chi connectivity index (χ3n) is 3.42. The highest BCUT2D eigenvalue weighted by molar-refractivity contribution is 7.12. The highest BCUT2D eigenvalue weighted by Gasteiger charge is 2.27. The number of fused-ring (bicyclic) bond motifs is 1. The number of aromatic nitrogens is 1. The van der Waals surface area contributed by atoms with Gasteiger partial charge in [0.15, 0.2) is 0 Å². The van der Waals surface area contributed by atoms with Crippen molar-refractivity contribution >= 4 is 23.0 Å². The minimum absolute atomic E-state index is 0.0174. The van der Waals surface area contributed by atoms with Crippen LogP contribution in [0.15, 0.2) is 34.1 Å². The maximum absolute atomic E-state index is 12.2. The lowest BCUT2D eigenvalue weighted by atomic mass is 9.93. The molecular weight excluding hydrogens is 284 g/mol. The van der Waals surface area contributed by atoms with E-state index in [1.165, 1.54) is 10.9 Å². The normalized spacial score (nSPS) is 14.8. The molecule has 0 saturated carbocycles. The van der Waals surface area contributed by atoms with Gasteiger partial charge in [-0.25, -0.2) is 4.99 Å². The van der Waals surface area contributed by atoms with E-state index in [0.717, 1.165) is 4.88 Å². The first kappa shape index (κ1) is 13.9. The van der Waals surface area contributed by atoms with Crippen LogP contribution in [0.5, 0.6) is 0 Å². The van der Waals surface area contributed by atoms with Crippen molar-refractivity contribution in [3.63, 3.8) is 0 Å². The number of H-pyrrole nitrogens is 1. The number of aliphatic imine (C=N–C) groups is 1. The van der Waals surface area contributed by atoms with Gasteiger partial charge in [-0.05, 0) is 17.5 Å². The van der Waals surface area contributed by atoms with Gasteiger partial charge in [0, 0.05) is 22.2 Å². The Morgan fingerprint density at radius 1 is 1.24 bits per heavy atom. The maximum Gasteiger partial charge on any atom is 0.278 e. The summed E-state index contributed by atoms with van der Waals surface area (Å²) in [6.07, 6.45) is 0.585. The first-order valence-corrected chi connectivity index (χ1v) is 7.61. The van der Waals surface area contributed by atoms with Crippen molar-refractivity contribution < 1.29 is 4.79 Å². The Hall–Kier alpha value is -2.01. The van der Waals surface area contributed by atoms with Crippen molar-refractivity contribution in [3.05, 3.63) is 55.6 Å². The van der Waals surface area contributed by atoms with Gasteiger partial charge in [0.2, 0.25) is 5.56 Å². The van der Waals surface area contributed by atoms with E-state index in [1.807, 2.05) is 6.07 Å². The van der Waals surface area contributed by atoms with Gasteiger partial charge in [0.1, 0.15) is 0 Å². The Labute approximate surface area is 126 Å². The molecule has 1 N–H and O–H groups in total. The molecule has 0 bridgehead atoms. The molecule has 108 valence electrons. The van der Waals surface area contributed by atoms with E-state index in [1.54, 1.807) is 23.5 Å². The van der Waals surface area contributed by atoms with Gasteiger partial charge in [-0.15, -0.1) is 11.3 Å². The number of carbonyl (C=O) groups is 1. The van der Waals surface area contributed by atoms with Crippen molar-refractivity contribution in [1.82, 2.24) is 4.98 Å². The molecule has 0 aromatic carbocycles. The van der Waals surface area contributed by atoms with E-state index < -0.39 is 0 Å². The molecule has 0 atom stereocenters. The van der Waals surface area contributed by atoms with Crippen molar-refractivity contribution in [1.29, 1.82) is 0 Å². The van der Waals surface area contributed by atoms with Gasteiger partial charge >= 0.3 is 0 Å². The Balaban J connectivity index is 2.02. The number of thiophene rings is 1. The standard InChI is InChI=1S/C16H16N2O2S/c1-16(2,3)13-7-9-12(21-13)8-11(18-15(9)20)10-5-4-6-14(19)17-10/h4-7H,8H2,1-3H3,(H,17,19). The largest absolute Gasteiger partial charge is 0.321 e. The Bertz CT molecular complexity index is 806.